The molecule has 2 heterocycles. The van der Waals surface area contributed by atoms with Crippen molar-refractivity contribution in [3.05, 3.63) is 22.4 Å². The summed E-state index contributed by atoms with van der Waals surface area (Å²) in [4.78, 5) is 49.5. The van der Waals surface area contributed by atoms with Crippen molar-refractivity contribution in [3.63, 3.8) is 0 Å². The highest BCUT2D eigenvalue weighted by Gasteiger charge is 2.52. The van der Waals surface area contributed by atoms with E-state index in [-0.39, 0.29) is 12.3 Å². The first-order valence-corrected chi connectivity index (χ1v) is 9.56. The third kappa shape index (κ3) is 3.72. The van der Waals surface area contributed by atoms with Crippen LogP contribution in [0.1, 0.15) is 56.4 Å². The second-order valence-corrected chi connectivity index (χ2v) is 7.70. The number of carbonyl (C=O) groups is 4. The average molecular weight is 378 g/mol. The summed E-state index contributed by atoms with van der Waals surface area (Å²) in [6.45, 7) is 1.38. The molecule has 2 aliphatic rings. The second-order valence-electron chi connectivity index (χ2n) is 6.72. The largest absolute Gasteiger partial charge is 0.348 e. The van der Waals surface area contributed by atoms with Gasteiger partial charge in [0, 0.05) is 11.8 Å². The molecule has 26 heavy (non-hydrogen) atoms. The van der Waals surface area contributed by atoms with Crippen LogP contribution in [-0.4, -0.2) is 34.3 Å². The molecule has 2 fully saturated rings. The molecule has 1 aromatic rings. The third-order valence-electron chi connectivity index (χ3n) is 4.76. The van der Waals surface area contributed by atoms with Crippen LogP contribution in [0.2, 0.25) is 0 Å². The van der Waals surface area contributed by atoms with E-state index in [4.69, 9.17) is 0 Å². The Morgan fingerprint density at radius 1 is 1.31 bits per heavy atom. The normalized spacial score (nSPS) is 20.0. The van der Waals surface area contributed by atoms with E-state index in [1.54, 1.807) is 0 Å². The molecule has 1 aromatic heterocycles. The summed E-state index contributed by atoms with van der Waals surface area (Å²) < 4.78 is 0. The van der Waals surface area contributed by atoms with Gasteiger partial charge in [-0.1, -0.05) is 25.3 Å². The number of nitrogens with zero attached hydrogens (tertiary/aromatic N) is 1. The van der Waals surface area contributed by atoms with E-state index in [1.807, 2.05) is 17.5 Å². The van der Waals surface area contributed by atoms with E-state index in [1.165, 1.54) is 18.3 Å². The van der Waals surface area contributed by atoms with Crippen molar-refractivity contribution in [2.45, 2.75) is 57.0 Å². The summed E-state index contributed by atoms with van der Waals surface area (Å²) in [6, 6.07) is 2.55. The van der Waals surface area contributed by atoms with Crippen LogP contribution in [-0.2, 0) is 14.4 Å². The quantitative estimate of drug-likeness (QED) is 0.676. The molecule has 9 heteroatoms. The molecule has 1 aliphatic carbocycles. The molecule has 140 valence electrons. The molecule has 0 unspecified atom stereocenters. The summed E-state index contributed by atoms with van der Waals surface area (Å²) in [5, 5.41) is 8.10. The molecule has 1 atom stereocenters. The van der Waals surface area contributed by atoms with E-state index in [9.17, 15) is 19.2 Å². The predicted molar refractivity (Wildman–Crippen MR) is 94.8 cm³/mol. The van der Waals surface area contributed by atoms with Gasteiger partial charge in [0.25, 0.3) is 5.91 Å². The van der Waals surface area contributed by atoms with Crippen LogP contribution in [0.4, 0.5) is 4.79 Å². The maximum absolute atomic E-state index is 12.7. The fourth-order valence-electron chi connectivity index (χ4n) is 3.53. The van der Waals surface area contributed by atoms with E-state index in [0.717, 1.165) is 29.1 Å². The van der Waals surface area contributed by atoms with Crippen LogP contribution in [0, 0.1) is 0 Å². The van der Waals surface area contributed by atoms with Crippen molar-refractivity contribution in [2.24, 2.45) is 0 Å². The van der Waals surface area contributed by atoms with Gasteiger partial charge in [-0.3, -0.25) is 19.8 Å². The molecule has 1 spiro atoms. The highest BCUT2D eigenvalue weighted by atomic mass is 32.1. The number of amides is 5. The van der Waals surface area contributed by atoms with E-state index >= 15 is 0 Å². The van der Waals surface area contributed by atoms with Crippen molar-refractivity contribution in [1.82, 2.24) is 21.1 Å². The minimum Gasteiger partial charge on any atom is -0.348 e. The van der Waals surface area contributed by atoms with Gasteiger partial charge in [0.2, 0.25) is 11.8 Å². The molecule has 0 radical (unpaired) electrons. The van der Waals surface area contributed by atoms with E-state index in [0.29, 0.717) is 12.8 Å². The molecule has 3 N–H and O–H groups in total. The number of hydrazine groups is 1. The van der Waals surface area contributed by atoms with Crippen molar-refractivity contribution in [2.75, 3.05) is 0 Å². The zero-order valence-electron chi connectivity index (χ0n) is 14.5. The van der Waals surface area contributed by atoms with Crippen LogP contribution in [0.25, 0.3) is 0 Å². The van der Waals surface area contributed by atoms with Crippen LogP contribution in [0.15, 0.2) is 17.5 Å². The molecular weight excluding hydrogens is 356 g/mol. The lowest BCUT2D eigenvalue weighted by molar-refractivity contribution is -0.140. The predicted octanol–water partition coefficient (Wildman–Crippen LogP) is 1.60. The van der Waals surface area contributed by atoms with E-state index in [2.05, 4.69) is 16.1 Å². The van der Waals surface area contributed by atoms with Gasteiger partial charge in [-0.05, 0) is 24.3 Å². The van der Waals surface area contributed by atoms with Gasteiger partial charge >= 0.3 is 6.03 Å². The minimum absolute atomic E-state index is 0.0653. The molecule has 1 saturated heterocycles. The van der Waals surface area contributed by atoms with Crippen molar-refractivity contribution in [3.8, 4) is 0 Å². The number of urea groups is 1. The SMILES string of the molecule is CC(=O)N[C@H](CC(=O)NN1C(=O)NC2(CCCCC2)C1=O)c1cccs1. The van der Waals surface area contributed by atoms with Gasteiger partial charge in [0.15, 0.2) is 0 Å². The Balaban J connectivity index is 1.66. The summed E-state index contributed by atoms with van der Waals surface area (Å²) in [5.41, 5.74) is 1.52. The van der Waals surface area contributed by atoms with Gasteiger partial charge in [0.1, 0.15) is 5.54 Å². The molecule has 3 rings (SSSR count). The first-order valence-electron chi connectivity index (χ1n) is 8.68. The highest BCUT2D eigenvalue weighted by molar-refractivity contribution is 7.10. The molecule has 0 aromatic carbocycles. The number of carbonyl (C=O) groups excluding carboxylic acids is 4. The van der Waals surface area contributed by atoms with Gasteiger partial charge in [-0.15, -0.1) is 11.3 Å². The summed E-state index contributed by atoms with van der Waals surface area (Å²) in [5.74, 6) is -1.16. The van der Waals surface area contributed by atoms with E-state index < -0.39 is 29.4 Å². The Bertz CT molecular complexity index is 712. The number of thiophene rings is 1. The Labute approximate surface area is 155 Å². The van der Waals surface area contributed by atoms with Gasteiger partial charge < -0.3 is 10.6 Å². The summed E-state index contributed by atoms with van der Waals surface area (Å²) in [6.07, 6.45) is 3.90. The third-order valence-corrected chi connectivity index (χ3v) is 5.75. The average Bonchev–Trinajstić information content (AvgIpc) is 3.19. The first kappa shape index (κ1) is 18.4. The lowest BCUT2D eigenvalue weighted by atomic mass is 9.82. The Hall–Kier alpha value is -2.42. The van der Waals surface area contributed by atoms with Crippen molar-refractivity contribution < 1.29 is 19.2 Å². The fourth-order valence-corrected chi connectivity index (χ4v) is 4.31. The van der Waals surface area contributed by atoms with Crippen molar-refractivity contribution in [1.29, 1.82) is 0 Å². The Kier molecular flexibility index (Phi) is 5.26. The van der Waals surface area contributed by atoms with Crippen LogP contribution in [0.5, 0.6) is 0 Å². The number of rotatable bonds is 5. The number of hydrogen-bond donors (Lipinski definition) is 3. The fraction of sp³-hybridized carbons (Fsp3) is 0.529. The lowest BCUT2D eigenvalue weighted by Gasteiger charge is -2.30. The van der Waals surface area contributed by atoms with Crippen LogP contribution < -0.4 is 16.1 Å². The molecule has 1 saturated carbocycles. The lowest BCUT2D eigenvalue weighted by Crippen LogP contribution is -2.51. The topological polar surface area (TPSA) is 108 Å². The molecule has 1 aliphatic heterocycles. The number of hydrogen-bond acceptors (Lipinski definition) is 5. The molecular formula is C17H22N4O4S. The second kappa shape index (κ2) is 7.45. The van der Waals surface area contributed by atoms with Crippen LogP contribution >= 0.6 is 11.3 Å². The minimum atomic E-state index is -0.882. The maximum atomic E-state index is 12.7. The molecule has 0 bridgehead atoms. The smallest absolute Gasteiger partial charge is 0.344 e. The Morgan fingerprint density at radius 3 is 2.65 bits per heavy atom. The number of imide groups is 1. The molecule has 5 amide bonds. The highest BCUT2D eigenvalue weighted by Crippen LogP contribution is 2.33. The summed E-state index contributed by atoms with van der Waals surface area (Å²) >= 11 is 1.42. The van der Waals surface area contributed by atoms with Crippen LogP contribution in [0.3, 0.4) is 0 Å². The van der Waals surface area contributed by atoms with Gasteiger partial charge in [0.05, 0.1) is 12.5 Å². The first-order chi connectivity index (χ1) is 12.4. The number of nitrogens with one attached hydrogen (secondary N) is 3. The monoisotopic (exact) mass is 378 g/mol. The van der Waals surface area contributed by atoms with Gasteiger partial charge in [-0.25, -0.2) is 4.79 Å². The van der Waals surface area contributed by atoms with Gasteiger partial charge in [-0.2, -0.15) is 5.01 Å². The zero-order valence-corrected chi connectivity index (χ0v) is 15.4. The Morgan fingerprint density at radius 2 is 2.04 bits per heavy atom. The summed E-state index contributed by atoms with van der Waals surface area (Å²) in [7, 11) is 0. The maximum Gasteiger partial charge on any atom is 0.344 e. The van der Waals surface area contributed by atoms with Crippen molar-refractivity contribution >= 4 is 35.1 Å². The molecule has 8 nitrogen and oxygen atoms in total. The zero-order chi connectivity index (χ0) is 18.7. The standard InChI is InChI=1S/C17H22N4O4S/c1-11(22)18-12(13-6-5-9-26-13)10-14(23)20-21-15(24)17(19-16(21)25)7-3-2-4-8-17/h5-6,9,12H,2-4,7-8,10H2,1H3,(H,18,22)(H,19,25)(H,20,23)/t12-/m1/s1.